The van der Waals surface area contributed by atoms with E-state index in [0.717, 1.165) is 60.4 Å². The van der Waals surface area contributed by atoms with Gasteiger partial charge >= 0.3 is 5.24 Å². The Kier molecular flexibility index (Phi) is 3.80. The molecule has 170 valence electrons. The smallest absolute Gasteiger partial charge is 0.306 e. The molecule has 0 bridgehead atoms. The summed E-state index contributed by atoms with van der Waals surface area (Å²) in [4.78, 5) is 22.9. The minimum absolute atomic E-state index is 0.442. The van der Waals surface area contributed by atoms with Gasteiger partial charge in [0.25, 0.3) is 0 Å². The third-order valence-electron chi connectivity index (χ3n) is 7.08. The first kappa shape index (κ1) is 19.7. The predicted molar refractivity (Wildman–Crippen MR) is 142 cm³/mol. The van der Waals surface area contributed by atoms with Crippen molar-refractivity contribution in [2.75, 3.05) is 0 Å². The summed E-state index contributed by atoms with van der Waals surface area (Å²) in [6, 6.07) is 25.8. The van der Waals surface area contributed by atoms with Crippen molar-refractivity contribution in [2.45, 2.75) is 4.90 Å². The van der Waals surface area contributed by atoms with E-state index in [-0.39, 0.29) is 0 Å². The predicted octanol–water partition coefficient (Wildman–Crippen LogP) is 6.44. The van der Waals surface area contributed by atoms with Crippen LogP contribution in [0.1, 0.15) is 0 Å². The Hall–Kier alpha value is -4.62. The minimum atomic E-state index is -1.89. The quantitative estimate of drug-likeness (QED) is 0.269. The molecule has 3 aromatic heterocycles. The number of nitrogens with zero attached hydrogens (tertiary/aromatic N) is 4. The van der Waals surface area contributed by atoms with Crippen molar-refractivity contribution in [2.24, 2.45) is 0 Å². The summed E-state index contributed by atoms with van der Waals surface area (Å²) in [5.41, 5.74) is 5.94. The van der Waals surface area contributed by atoms with E-state index in [4.69, 9.17) is 0 Å². The van der Waals surface area contributed by atoms with Crippen LogP contribution in [0.25, 0.3) is 60.4 Å². The number of hydrogen-bond acceptors (Lipinski definition) is 4. The summed E-state index contributed by atoms with van der Waals surface area (Å²) in [7, 11) is -1.89. The fraction of sp³-hybridized carbons (Fsp3) is 0. The molecule has 0 saturated carbocycles. The molecule has 1 unspecified atom stereocenters. The van der Waals surface area contributed by atoms with Crippen LogP contribution in [0.3, 0.4) is 0 Å². The molecule has 1 aliphatic rings. The summed E-state index contributed by atoms with van der Waals surface area (Å²) < 4.78 is 17.6. The third kappa shape index (κ3) is 2.40. The summed E-state index contributed by atoms with van der Waals surface area (Å²) >= 11 is 0. The number of benzene rings is 4. The molecule has 0 aliphatic carbocycles. The molecule has 7 heteroatoms. The van der Waals surface area contributed by atoms with Gasteiger partial charge in [0.2, 0.25) is 0 Å². The zero-order chi connectivity index (χ0) is 24.0. The van der Waals surface area contributed by atoms with E-state index in [1.807, 2.05) is 48.5 Å². The zero-order valence-corrected chi connectivity index (χ0v) is 19.6. The molecule has 1 atom stereocenters. The molecule has 0 amide bonds. The van der Waals surface area contributed by atoms with Crippen molar-refractivity contribution in [1.82, 2.24) is 19.1 Å². The number of fused-ring (bicyclic) bond motifs is 7. The van der Waals surface area contributed by atoms with E-state index in [2.05, 4.69) is 38.8 Å². The molecule has 8 rings (SSSR count). The topological polar surface area (TPSA) is 69.8 Å². The number of rotatable bonds is 1. The van der Waals surface area contributed by atoms with Gasteiger partial charge in [-0.05, 0) is 35.9 Å². The van der Waals surface area contributed by atoms with Crippen molar-refractivity contribution < 1.29 is 9.00 Å². The molecule has 4 heterocycles. The maximum Gasteiger partial charge on any atom is 0.325 e. The summed E-state index contributed by atoms with van der Waals surface area (Å²) in [6.45, 7) is 0. The lowest BCUT2D eigenvalue weighted by Crippen LogP contribution is -2.19. The average molecular weight is 485 g/mol. The number of aromatic nitrogens is 4. The van der Waals surface area contributed by atoms with Crippen LogP contribution >= 0.6 is 0 Å². The SMILES string of the molecule is O=C1n2c3ccccc3c3cc(-c4cncnc4)cc(c32)-n2c3ccccc3c3cccc(c32)S1=O. The van der Waals surface area contributed by atoms with Gasteiger partial charge < -0.3 is 4.57 Å². The highest BCUT2D eigenvalue weighted by molar-refractivity contribution is 8.00. The van der Waals surface area contributed by atoms with Gasteiger partial charge in [-0.1, -0.05) is 48.5 Å². The number of carbonyl (C=O) groups excluding carboxylic acids is 1. The highest BCUT2D eigenvalue weighted by Crippen LogP contribution is 2.43. The second kappa shape index (κ2) is 6.96. The number of hydrogen-bond donors (Lipinski definition) is 0. The lowest BCUT2D eigenvalue weighted by Gasteiger charge is -2.18. The van der Waals surface area contributed by atoms with Crippen LogP contribution in [-0.4, -0.2) is 28.6 Å². The maximum absolute atomic E-state index is 13.9. The number of carbonyl (C=O) groups is 1. The van der Waals surface area contributed by atoms with Gasteiger partial charge in [-0.25, -0.2) is 14.2 Å². The Balaban J connectivity index is 1.69. The highest BCUT2D eigenvalue weighted by atomic mass is 32.2. The molecule has 1 aliphatic heterocycles. The van der Waals surface area contributed by atoms with Crippen molar-refractivity contribution in [3.63, 3.8) is 0 Å². The van der Waals surface area contributed by atoms with E-state index in [1.165, 1.54) is 6.33 Å². The molecule has 0 spiro atoms. The molecule has 36 heavy (non-hydrogen) atoms. The van der Waals surface area contributed by atoms with Crippen molar-refractivity contribution >= 4 is 59.7 Å². The van der Waals surface area contributed by atoms with Crippen LogP contribution < -0.4 is 0 Å². The first-order valence-electron chi connectivity index (χ1n) is 11.5. The monoisotopic (exact) mass is 484 g/mol. The molecular formula is C29H16N4O2S. The largest absolute Gasteiger partial charge is 0.325 e. The molecule has 6 nitrogen and oxygen atoms in total. The Bertz CT molecular complexity index is 2090. The van der Waals surface area contributed by atoms with E-state index in [0.29, 0.717) is 4.90 Å². The Morgan fingerprint density at radius 2 is 1.31 bits per heavy atom. The van der Waals surface area contributed by atoms with Gasteiger partial charge in [-0.3, -0.25) is 9.36 Å². The van der Waals surface area contributed by atoms with Gasteiger partial charge in [-0.2, -0.15) is 0 Å². The van der Waals surface area contributed by atoms with Crippen molar-refractivity contribution in [3.05, 3.63) is 97.6 Å². The summed E-state index contributed by atoms with van der Waals surface area (Å²) in [6.07, 6.45) is 5.10. The van der Waals surface area contributed by atoms with Crippen LogP contribution in [0.4, 0.5) is 4.79 Å². The Labute approximate surface area is 206 Å². The molecular weight excluding hydrogens is 468 g/mol. The summed E-state index contributed by atoms with van der Waals surface area (Å²) in [5.74, 6) is 0. The first-order valence-corrected chi connectivity index (χ1v) is 12.7. The lowest BCUT2D eigenvalue weighted by atomic mass is 10.0. The van der Waals surface area contributed by atoms with E-state index < -0.39 is 16.0 Å². The molecule has 4 aromatic carbocycles. The Morgan fingerprint density at radius 3 is 2.08 bits per heavy atom. The fourth-order valence-electron chi connectivity index (χ4n) is 5.62. The van der Waals surface area contributed by atoms with Crippen LogP contribution in [0.2, 0.25) is 0 Å². The van der Waals surface area contributed by atoms with Crippen molar-refractivity contribution in [1.29, 1.82) is 0 Å². The van der Waals surface area contributed by atoms with Gasteiger partial charge in [0, 0.05) is 39.5 Å². The van der Waals surface area contributed by atoms with E-state index in [1.54, 1.807) is 23.0 Å². The van der Waals surface area contributed by atoms with Gasteiger partial charge in [-0.15, -0.1) is 0 Å². The standard InChI is InChI=1S/C29H16N4O2S/c34-29-33-24-10-4-2-7-20(24)22-12-17(18-14-30-16-31-15-18)13-25(27(22)33)32-23-9-3-1-6-19(23)21-8-5-11-26(28(21)32)36(29)35/h1-16H. The first-order chi connectivity index (χ1) is 17.7. The van der Waals surface area contributed by atoms with Crippen molar-refractivity contribution in [3.8, 4) is 16.8 Å². The highest BCUT2D eigenvalue weighted by Gasteiger charge is 2.31. The molecule has 0 N–H and O–H groups in total. The summed E-state index contributed by atoms with van der Waals surface area (Å²) in [5, 5.41) is 3.41. The molecule has 0 fully saturated rings. The molecule has 7 aromatic rings. The maximum atomic E-state index is 13.9. The van der Waals surface area contributed by atoms with Gasteiger partial charge in [0.05, 0.1) is 32.6 Å². The van der Waals surface area contributed by atoms with Crippen LogP contribution in [0, 0.1) is 0 Å². The van der Waals surface area contributed by atoms with E-state index >= 15 is 0 Å². The van der Waals surface area contributed by atoms with Gasteiger partial charge in [0.15, 0.2) is 0 Å². The zero-order valence-electron chi connectivity index (χ0n) is 18.8. The average Bonchev–Trinajstić information content (AvgIpc) is 3.45. The van der Waals surface area contributed by atoms with Crippen LogP contribution in [0.15, 0.2) is 102 Å². The molecule has 0 radical (unpaired) electrons. The van der Waals surface area contributed by atoms with E-state index in [9.17, 15) is 9.00 Å². The molecule has 0 saturated heterocycles. The normalized spacial score (nSPS) is 15.1. The van der Waals surface area contributed by atoms with Crippen LogP contribution in [0.5, 0.6) is 0 Å². The third-order valence-corrected chi connectivity index (χ3v) is 8.31. The lowest BCUT2D eigenvalue weighted by molar-refractivity contribution is 0.262. The van der Waals surface area contributed by atoms with Gasteiger partial charge in [0.1, 0.15) is 17.1 Å². The number of para-hydroxylation sites is 3. The Morgan fingerprint density at radius 1 is 0.639 bits per heavy atom. The minimum Gasteiger partial charge on any atom is -0.306 e. The van der Waals surface area contributed by atoms with Crippen LogP contribution in [-0.2, 0) is 10.8 Å². The second-order valence-corrected chi connectivity index (χ2v) is 10.2. The fourth-order valence-corrected chi connectivity index (χ4v) is 6.74. The second-order valence-electron chi connectivity index (χ2n) is 8.91.